The second-order valence-corrected chi connectivity index (χ2v) is 8.13. The first-order valence-electron chi connectivity index (χ1n) is 5.42. The predicted molar refractivity (Wildman–Crippen MR) is 58.4 cm³/mol. The molecular formula is C10H19NO3S. The smallest absolute Gasteiger partial charge is 0.155 e. The highest BCUT2D eigenvalue weighted by Crippen LogP contribution is 2.42. The van der Waals surface area contributed by atoms with E-state index < -0.39 is 20.2 Å². The molecule has 2 heterocycles. The molecule has 2 fully saturated rings. The maximum absolute atomic E-state index is 11.8. The Morgan fingerprint density at radius 3 is 2.33 bits per heavy atom. The van der Waals surface area contributed by atoms with Crippen molar-refractivity contribution >= 4 is 9.84 Å². The number of hydrogen-bond acceptors (Lipinski definition) is 4. The van der Waals surface area contributed by atoms with Gasteiger partial charge < -0.3 is 10.4 Å². The van der Waals surface area contributed by atoms with Crippen LogP contribution in [-0.4, -0.2) is 42.7 Å². The third-order valence-corrected chi connectivity index (χ3v) is 6.76. The zero-order valence-electron chi connectivity index (χ0n) is 9.28. The van der Waals surface area contributed by atoms with E-state index in [4.69, 9.17) is 0 Å². The highest BCUT2D eigenvalue weighted by atomic mass is 32.2. The lowest BCUT2D eigenvalue weighted by Crippen LogP contribution is -2.61. The molecule has 2 aliphatic rings. The molecule has 2 rings (SSSR count). The van der Waals surface area contributed by atoms with Crippen molar-refractivity contribution in [2.24, 2.45) is 5.92 Å². The van der Waals surface area contributed by atoms with Gasteiger partial charge in [0, 0.05) is 13.1 Å². The SMILES string of the molecule is CC1(C)C(CC2(O)CNC2)CCS1(=O)=O. The fourth-order valence-electron chi connectivity index (χ4n) is 2.53. The van der Waals surface area contributed by atoms with Gasteiger partial charge >= 0.3 is 0 Å². The summed E-state index contributed by atoms with van der Waals surface area (Å²) in [5.74, 6) is 0.364. The van der Waals surface area contributed by atoms with Gasteiger partial charge in [0.05, 0.1) is 16.1 Å². The van der Waals surface area contributed by atoms with Gasteiger partial charge in [-0.2, -0.15) is 0 Å². The molecule has 0 bridgehead atoms. The lowest BCUT2D eigenvalue weighted by molar-refractivity contribution is -0.0331. The van der Waals surface area contributed by atoms with Gasteiger partial charge in [-0.3, -0.25) is 0 Å². The maximum Gasteiger partial charge on any atom is 0.155 e. The Labute approximate surface area is 91.0 Å². The third-order valence-electron chi connectivity index (χ3n) is 4.05. The van der Waals surface area contributed by atoms with Crippen molar-refractivity contribution in [2.75, 3.05) is 18.8 Å². The number of β-amino-alcohol motifs (C(OH)–C–C–N with tert-alkyl or cyclic N) is 1. The van der Waals surface area contributed by atoms with Crippen molar-refractivity contribution in [1.29, 1.82) is 0 Å². The Bertz CT molecular complexity index is 357. The minimum atomic E-state index is -2.96. The van der Waals surface area contributed by atoms with Crippen molar-refractivity contribution in [3.63, 3.8) is 0 Å². The zero-order valence-corrected chi connectivity index (χ0v) is 10.1. The molecule has 0 amide bonds. The van der Waals surface area contributed by atoms with Crippen molar-refractivity contribution in [3.05, 3.63) is 0 Å². The largest absolute Gasteiger partial charge is 0.387 e. The van der Waals surface area contributed by atoms with Crippen molar-refractivity contribution in [1.82, 2.24) is 5.32 Å². The molecule has 0 aromatic rings. The Hall–Kier alpha value is -0.130. The summed E-state index contributed by atoms with van der Waals surface area (Å²) in [5.41, 5.74) is -0.665. The highest BCUT2D eigenvalue weighted by molar-refractivity contribution is 7.93. The number of aliphatic hydroxyl groups is 1. The zero-order chi connectivity index (χ0) is 11.3. The molecule has 0 aromatic carbocycles. The summed E-state index contributed by atoms with van der Waals surface area (Å²) in [6, 6.07) is 0. The van der Waals surface area contributed by atoms with Crippen molar-refractivity contribution < 1.29 is 13.5 Å². The first kappa shape index (κ1) is 11.4. The van der Waals surface area contributed by atoms with Crippen molar-refractivity contribution in [2.45, 2.75) is 37.0 Å². The Morgan fingerprint density at radius 2 is 2.00 bits per heavy atom. The van der Waals surface area contributed by atoms with E-state index in [-0.39, 0.29) is 11.7 Å². The van der Waals surface area contributed by atoms with E-state index in [0.717, 1.165) is 0 Å². The minimum absolute atomic E-state index is 0.0922. The van der Waals surface area contributed by atoms with Crippen LogP contribution >= 0.6 is 0 Å². The van der Waals surface area contributed by atoms with E-state index in [1.807, 2.05) is 0 Å². The molecule has 0 aromatic heterocycles. The van der Waals surface area contributed by atoms with Crippen LogP contribution in [0.15, 0.2) is 0 Å². The molecule has 0 radical (unpaired) electrons. The fourth-order valence-corrected chi connectivity index (χ4v) is 4.36. The van der Waals surface area contributed by atoms with Gasteiger partial charge in [-0.15, -0.1) is 0 Å². The van der Waals surface area contributed by atoms with Gasteiger partial charge in [-0.05, 0) is 32.6 Å². The van der Waals surface area contributed by atoms with Gasteiger partial charge in [0.2, 0.25) is 0 Å². The van der Waals surface area contributed by atoms with E-state index in [9.17, 15) is 13.5 Å². The molecular weight excluding hydrogens is 214 g/mol. The lowest BCUT2D eigenvalue weighted by Gasteiger charge is -2.41. The van der Waals surface area contributed by atoms with Gasteiger partial charge in [0.15, 0.2) is 9.84 Å². The molecule has 1 unspecified atom stereocenters. The molecule has 2 saturated heterocycles. The second-order valence-electron chi connectivity index (χ2n) is 5.44. The maximum atomic E-state index is 11.8. The summed E-state index contributed by atoms with van der Waals surface area (Å²) in [4.78, 5) is 0. The van der Waals surface area contributed by atoms with Gasteiger partial charge in [-0.25, -0.2) is 8.42 Å². The molecule has 15 heavy (non-hydrogen) atoms. The minimum Gasteiger partial charge on any atom is -0.387 e. The first-order valence-corrected chi connectivity index (χ1v) is 7.07. The quantitative estimate of drug-likeness (QED) is 0.700. The van der Waals surface area contributed by atoms with E-state index in [2.05, 4.69) is 5.32 Å². The van der Waals surface area contributed by atoms with E-state index in [1.54, 1.807) is 13.8 Å². The summed E-state index contributed by atoms with van der Waals surface area (Å²) in [7, 11) is -2.96. The molecule has 2 aliphatic heterocycles. The number of nitrogens with one attached hydrogen (secondary N) is 1. The lowest BCUT2D eigenvalue weighted by atomic mass is 9.79. The standard InChI is InChI=1S/C10H19NO3S/c1-9(2)8(3-4-15(9,13)14)5-10(12)6-11-7-10/h8,11-12H,3-7H2,1-2H3. The van der Waals surface area contributed by atoms with Crippen LogP contribution in [0.4, 0.5) is 0 Å². The van der Waals surface area contributed by atoms with Crippen molar-refractivity contribution in [3.8, 4) is 0 Å². The average molecular weight is 233 g/mol. The van der Waals surface area contributed by atoms with Gasteiger partial charge in [0.25, 0.3) is 0 Å². The summed E-state index contributed by atoms with van der Waals surface area (Å²) < 4.78 is 22.9. The van der Waals surface area contributed by atoms with Crippen LogP contribution in [-0.2, 0) is 9.84 Å². The van der Waals surface area contributed by atoms with E-state index >= 15 is 0 Å². The summed E-state index contributed by atoms with van der Waals surface area (Å²) >= 11 is 0. The third kappa shape index (κ3) is 1.70. The summed E-state index contributed by atoms with van der Waals surface area (Å²) in [6.45, 7) is 4.77. The van der Waals surface area contributed by atoms with Crippen LogP contribution in [0.1, 0.15) is 26.7 Å². The molecule has 0 aliphatic carbocycles. The topological polar surface area (TPSA) is 66.4 Å². The van der Waals surface area contributed by atoms with E-state index in [1.165, 1.54) is 0 Å². The predicted octanol–water partition coefficient (Wildman–Crippen LogP) is -0.0759. The molecule has 0 saturated carbocycles. The number of hydrogen-bond donors (Lipinski definition) is 2. The van der Waals surface area contributed by atoms with Crippen LogP contribution in [0.25, 0.3) is 0 Å². The number of rotatable bonds is 2. The molecule has 1 atom stereocenters. The average Bonchev–Trinajstić information content (AvgIpc) is 2.25. The molecule has 2 N–H and O–H groups in total. The molecule has 4 nitrogen and oxygen atoms in total. The Balaban J connectivity index is 2.12. The Morgan fingerprint density at radius 1 is 1.40 bits per heavy atom. The highest BCUT2D eigenvalue weighted by Gasteiger charge is 2.51. The summed E-state index contributed by atoms with van der Waals surface area (Å²) in [5, 5.41) is 13.0. The Kier molecular flexibility index (Phi) is 2.41. The van der Waals surface area contributed by atoms with Crippen LogP contribution in [0, 0.1) is 5.92 Å². The molecule has 5 heteroatoms. The monoisotopic (exact) mass is 233 g/mol. The van der Waals surface area contributed by atoms with Gasteiger partial charge in [0.1, 0.15) is 0 Å². The first-order chi connectivity index (χ1) is 6.77. The second kappa shape index (κ2) is 3.18. The molecule has 0 spiro atoms. The molecule has 88 valence electrons. The van der Waals surface area contributed by atoms with Crippen LogP contribution in [0.2, 0.25) is 0 Å². The van der Waals surface area contributed by atoms with Gasteiger partial charge in [-0.1, -0.05) is 0 Å². The van der Waals surface area contributed by atoms with Crippen LogP contribution in [0.5, 0.6) is 0 Å². The summed E-state index contributed by atoms with van der Waals surface area (Å²) in [6.07, 6.45) is 1.30. The van der Waals surface area contributed by atoms with Crippen LogP contribution in [0.3, 0.4) is 0 Å². The number of sulfone groups is 1. The fraction of sp³-hybridized carbons (Fsp3) is 1.00. The van der Waals surface area contributed by atoms with E-state index in [0.29, 0.717) is 25.9 Å². The van der Waals surface area contributed by atoms with Crippen LogP contribution < -0.4 is 5.32 Å². The normalized spacial score (nSPS) is 36.1.